The van der Waals surface area contributed by atoms with Crippen LogP contribution >= 0.6 is 0 Å². The molecule has 3 N–H and O–H groups in total. The maximum Gasteiger partial charge on any atom is 0.234 e. The first-order chi connectivity index (χ1) is 8.65. The number of hydrogen-bond acceptors (Lipinski definition) is 5. The highest BCUT2D eigenvalue weighted by molar-refractivity contribution is 5.77. The highest BCUT2D eigenvalue weighted by Gasteiger charge is 2.18. The Balaban J connectivity index is 1.71. The summed E-state index contributed by atoms with van der Waals surface area (Å²) >= 11 is 0. The number of carbonyl (C=O) groups is 1. The number of nitrogens with one attached hydrogen (secondary N) is 1. The zero-order valence-corrected chi connectivity index (χ0v) is 10.7. The molecule has 1 aliphatic heterocycles. The van der Waals surface area contributed by atoms with Crippen molar-refractivity contribution in [3.05, 3.63) is 12.2 Å². The normalized spacial score (nSPS) is 17.9. The van der Waals surface area contributed by atoms with Gasteiger partial charge in [-0.25, -0.2) is 0 Å². The standard InChI is InChI=1S/C11H20N6O/c1-16-8-14-15-10(16)6-13-11(18)7-17-4-2-9(12)3-5-17/h8-9H,2-7,12H2,1H3,(H,13,18). The molecule has 1 aromatic heterocycles. The molecule has 1 saturated heterocycles. The molecule has 2 rings (SSSR count). The van der Waals surface area contributed by atoms with Crippen molar-refractivity contribution in [2.24, 2.45) is 12.8 Å². The van der Waals surface area contributed by atoms with E-state index < -0.39 is 0 Å². The molecule has 0 unspecified atom stereocenters. The number of aryl methyl sites for hydroxylation is 1. The Morgan fingerprint density at radius 3 is 2.89 bits per heavy atom. The Kier molecular flexibility index (Phi) is 4.27. The monoisotopic (exact) mass is 252 g/mol. The second-order valence-electron chi connectivity index (χ2n) is 4.75. The highest BCUT2D eigenvalue weighted by atomic mass is 16.2. The predicted octanol–water partition coefficient (Wildman–Crippen LogP) is -1.15. The van der Waals surface area contributed by atoms with Crippen LogP contribution in [0, 0.1) is 0 Å². The molecule has 7 heteroatoms. The Morgan fingerprint density at radius 2 is 2.28 bits per heavy atom. The van der Waals surface area contributed by atoms with E-state index in [9.17, 15) is 4.79 Å². The van der Waals surface area contributed by atoms with Crippen molar-refractivity contribution < 1.29 is 4.79 Å². The molecule has 7 nitrogen and oxygen atoms in total. The molecule has 0 aliphatic carbocycles. The topological polar surface area (TPSA) is 89.1 Å². The van der Waals surface area contributed by atoms with Crippen LogP contribution in [0.15, 0.2) is 6.33 Å². The summed E-state index contributed by atoms with van der Waals surface area (Å²) in [5.74, 6) is 0.775. The van der Waals surface area contributed by atoms with Crippen LogP contribution in [0.3, 0.4) is 0 Å². The van der Waals surface area contributed by atoms with E-state index in [0.29, 0.717) is 19.1 Å². The summed E-state index contributed by atoms with van der Waals surface area (Å²) in [5, 5.41) is 10.5. The first-order valence-electron chi connectivity index (χ1n) is 6.22. The molecule has 0 atom stereocenters. The summed E-state index contributed by atoms with van der Waals surface area (Å²) in [5.41, 5.74) is 5.82. The first-order valence-corrected chi connectivity index (χ1v) is 6.22. The summed E-state index contributed by atoms with van der Waals surface area (Å²) in [6.45, 7) is 2.66. The Labute approximate surface area is 106 Å². The van der Waals surface area contributed by atoms with Crippen LogP contribution in [0.1, 0.15) is 18.7 Å². The number of rotatable bonds is 4. The van der Waals surface area contributed by atoms with E-state index in [1.165, 1.54) is 0 Å². The van der Waals surface area contributed by atoms with E-state index >= 15 is 0 Å². The summed E-state index contributed by atoms with van der Waals surface area (Å²) in [7, 11) is 1.85. The highest BCUT2D eigenvalue weighted by Crippen LogP contribution is 2.07. The molecule has 1 fully saturated rings. The Hall–Kier alpha value is -1.47. The molecule has 0 spiro atoms. The fourth-order valence-electron chi connectivity index (χ4n) is 2.01. The minimum absolute atomic E-state index is 0.0217. The average Bonchev–Trinajstić information content (AvgIpc) is 2.75. The van der Waals surface area contributed by atoms with Crippen molar-refractivity contribution in [3.63, 3.8) is 0 Å². The van der Waals surface area contributed by atoms with Gasteiger partial charge in [0.1, 0.15) is 6.33 Å². The maximum atomic E-state index is 11.8. The summed E-state index contributed by atoms with van der Waals surface area (Å²) in [6.07, 6.45) is 3.56. The minimum Gasteiger partial charge on any atom is -0.348 e. The van der Waals surface area contributed by atoms with Crippen molar-refractivity contribution in [1.82, 2.24) is 25.0 Å². The lowest BCUT2D eigenvalue weighted by atomic mass is 10.1. The van der Waals surface area contributed by atoms with Crippen molar-refractivity contribution in [1.29, 1.82) is 0 Å². The first kappa shape index (κ1) is 13.0. The number of carbonyl (C=O) groups excluding carboxylic acids is 1. The van der Waals surface area contributed by atoms with Crippen molar-refractivity contribution >= 4 is 5.91 Å². The van der Waals surface area contributed by atoms with Gasteiger partial charge in [-0.15, -0.1) is 10.2 Å². The van der Waals surface area contributed by atoms with Crippen molar-refractivity contribution in [3.8, 4) is 0 Å². The number of nitrogens with zero attached hydrogens (tertiary/aromatic N) is 4. The van der Waals surface area contributed by atoms with E-state index in [4.69, 9.17) is 5.73 Å². The van der Waals surface area contributed by atoms with Gasteiger partial charge in [0.15, 0.2) is 5.82 Å². The molecule has 0 radical (unpaired) electrons. The van der Waals surface area contributed by atoms with E-state index in [0.717, 1.165) is 31.8 Å². The smallest absolute Gasteiger partial charge is 0.234 e. The number of hydrogen-bond donors (Lipinski definition) is 2. The van der Waals surface area contributed by atoms with Crippen LogP contribution in [0.2, 0.25) is 0 Å². The van der Waals surface area contributed by atoms with Crippen LogP contribution in [-0.2, 0) is 18.4 Å². The molecule has 18 heavy (non-hydrogen) atoms. The van der Waals surface area contributed by atoms with Gasteiger partial charge in [0.25, 0.3) is 0 Å². The van der Waals surface area contributed by atoms with Crippen LogP contribution < -0.4 is 11.1 Å². The lowest BCUT2D eigenvalue weighted by Gasteiger charge is -2.29. The zero-order valence-electron chi connectivity index (χ0n) is 10.7. The van der Waals surface area contributed by atoms with E-state index in [2.05, 4.69) is 20.4 Å². The van der Waals surface area contributed by atoms with Crippen molar-refractivity contribution in [2.45, 2.75) is 25.4 Å². The number of piperidine rings is 1. The van der Waals surface area contributed by atoms with E-state index in [1.807, 2.05) is 7.05 Å². The number of nitrogens with two attached hydrogens (primary N) is 1. The van der Waals surface area contributed by atoms with Crippen LogP contribution in [0.5, 0.6) is 0 Å². The predicted molar refractivity (Wildman–Crippen MR) is 66.5 cm³/mol. The number of aromatic nitrogens is 3. The van der Waals surface area contributed by atoms with Crippen molar-refractivity contribution in [2.75, 3.05) is 19.6 Å². The van der Waals surface area contributed by atoms with E-state index in [1.54, 1.807) is 10.9 Å². The molecule has 2 heterocycles. The molecule has 1 aromatic rings. The van der Waals surface area contributed by atoms with Gasteiger partial charge < -0.3 is 15.6 Å². The number of amides is 1. The largest absolute Gasteiger partial charge is 0.348 e. The molecule has 0 aromatic carbocycles. The summed E-state index contributed by atoms with van der Waals surface area (Å²) < 4.78 is 1.79. The molecule has 0 saturated carbocycles. The van der Waals surface area contributed by atoms with Gasteiger partial charge in [0, 0.05) is 26.2 Å². The van der Waals surface area contributed by atoms with Gasteiger partial charge in [-0.2, -0.15) is 0 Å². The third-order valence-corrected chi connectivity index (χ3v) is 3.25. The third kappa shape index (κ3) is 3.51. The zero-order chi connectivity index (χ0) is 13.0. The maximum absolute atomic E-state index is 11.8. The second-order valence-corrected chi connectivity index (χ2v) is 4.75. The molecular weight excluding hydrogens is 232 g/mol. The summed E-state index contributed by atoms with van der Waals surface area (Å²) in [6, 6.07) is 0.294. The SMILES string of the molecule is Cn1cnnc1CNC(=O)CN1CCC(N)CC1. The Bertz CT molecular complexity index is 396. The molecule has 100 valence electrons. The van der Waals surface area contributed by atoms with Crippen LogP contribution in [-0.4, -0.2) is 51.2 Å². The lowest BCUT2D eigenvalue weighted by molar-refractivity contribution is -0.122. The number of likely N-dealkylation sites (tertiary alicyclic amines) is 1. The van der Waals surface area contributed by atoms with Gasteiger partial charge >= 0.3 is 0 Å². The van der Waals surface area contributed by atoms with Gasteiger partial charge in [0.2, 0.25) is 5.91 Å². The van der Waals surface area contributed by atoms with Gasteiger partial charge in [-0.05, 0) is 12.8 Å². The molecular formula is C11H20N6O. The third-order valence-electron chi connectivity index (χ3n) is 3.25. The fourth-order valence-corrected chi connectivity index (χ4v) is 2.01. The molecule has 1 aliphatic rings. The van der Waals surface area contributed by atoms with E-state index in [-0.39, 0.29) is 5.91 Å². The van der Waals surface area contributed by atoms with Gasteiger partial charge in [-0.3, -0.25) is 9.69 Å². The van der Waals surface area contributed by atoms with Crippen LogP contribution in [0.25, 0.3) is 0 Å². The summed E-state index contributed by atoms with van der Waals surface area (Å²) in [4.78, 5) is 13.9. The lowest BCUT2D eigenvalue weighted by Crippen LogP contribution is -2.44. The average molecular weight is 252 g/mol. The molecule has 0 bridgehead atoms. The quantitative estimate of drug-likeness (QED) is 0.706. The van der Waals surface area contributed by atoms with Gasteiger partial charge in [0.05, 0.1) is 13.1 Å². The molecule has 1 amide bonds. The van der Waals surface area contributed by atoms with Crippen LogP contribution in [0.4, 0.5) is 0 Å². The Morgan fingerprint density at radius 1 is 1.56 bits per heavy atom. The fraction of sp³-hybridized carbons (Fsp3) is 0.727. The second kappa shape index (κ2) is 5.92. The minimum atomic E-state index is 0.0217. The van der Waals surface area contributed by atoms with Gasteiger partial charge in [-0.1, -0.05) is 0 Å².